The smallest absolute Gasteiger partial charge is 0.265 e. The first-order valence-electron chi connectivity index (χ1n) is 10.9. The summed E-state index contributed by atoms with van der Waals surface area (Å²) in [5, 5.41) is 3.34. The highest BCUT2D eigenvalue weighted by atomic mass is 35.5. The lowest BCUT2D eigenvalue weighted by atomic mass is 10.1. The minimum absolute atomic E-state index is 0.0133. The van der Waals surface area contributed by atoms with E-state index >= 15 is 0 Å². The molecular weight excluding hydrogens is 440 g/mol. The molecule has 3 aromatic carbocycles. The number of nitrogens with zero attached hydrogens (tertiary/aromatic N) is 1. The summed E-state index contributed by atoms with van der Waals surface area (Å²) in [5.41, 5.74) is 2.90. The molecule has 0 unspecified atom stereocenters. The number of fused-ring (bicyclic) bond motifs is 1. The third-order valence-electron chi connectivity index (χ3n) is 5.37. The van der Waals surface area contributed by atoms with Gasteiger partial charge in [-0.25, -0.2) is 0 Å². The summed E-state index contributed by atoms with van der Waals surface area (Å²) in [6.45, 7) is 3.06. The summed E-state index contributed by atoms with van der Waals surface area (Å²) in [7, 11) is 0. The van der Waals surface area contributed by atoms with Crippen LogP contribution >= 0.6 is 11.6 Å². The summed E-state index contributed by atoms with van der Waals surface area (Å²) in [6.07, 6.45) is 1.64. The number of hydrogen-bond donors (Lipinski definition) is 1. The maximum Gasteiger partial charge on any atom is 0.265 e. The van der Waals surface area contributed by atoms with Crippen LogP contribution in [0, 0.1) is 0 Å². The van der Waals surface area contributed by atoms with Gasteiger partial charge in [-0.05, 0) is 66.9 Å². The molecule has 2 amide bonds. The number of rotatable bonds is 8. The molecule has 0 bridgehead atoms. The van der Waals surface area contributed by atoms with Crippen molar-refractivity contribution in [3.63, 3.8) is 0 Å². The molecule has 1 N–H and O–H groups in total. The fraction of sp³-hybridized carbons (Fsp3) is 0.231. The van der Waals surface area contributed by atoms with Gasteiger partial charge in [0.05, 0.1) is 12.3 Å². The van der Waals surface area contributed by atoms with Crippen LogP contribution in [-0.4, -0.2) is 31.6 Å². The van der Waals surface area contributed by atoms with Crippen LogP contribution in [0.5, 0.6) is 11.5 Å². The van der Waals surface area contributed by atoms with Crippen LogP contribution in [0.2, 0.25) is 5.02 Å². The Labute approximate surface area is 198 Å². The number of anilines is 2. The molecule has 1 aliphatic heterocycles. The summed E-state index contributed by atoms with van der Waals surface area (Å²) < 4.78 is 11.4. The lowest BCUT2D eigenvalue weighted by Crippen LogP contribution is -2.39. The number of hydrogen-bond acceptors (Lipinski definition) is 4. The van der Waals surface area contributed by atoms with Crippen LogP contribution < -0.4 is 19.7 Å². The number of carbonyl (C=O) groups is 2. The summed E-state index contributed by atoms with van der Waals surface area (Å²) >= 11 is 5.98. The van der Waals surface area contributed by atoms with Crippen LogP contribution in [0.3, 0.4) is 0 Å². The summed E-state index contributed by atoms with van der Waals surface area (Å²) in [6, 6.07) is 20.0. The van der Waals surface area contributed by atoms with Gasteiger partial charge in [-0.15, -0.1) is 0 Å². The third-order valence-corrected chi connectivity index (χ3v) is 5.61. The van der Waals surface area contributed by atoms with Gasteiger partial charge in [-0.1, -0.05) is 36.7 Å². The summed E-state index contributed by atoms with van der Waals surface area (Å²) in [5.74, 6) is 1.00. The first-order valence-corrected chi connectivity index (χ1v) is 11.3. The number of halogens is 1. The molecule has 1 heterocycles. The zero-order valence-corrected chi connectivity index (χ0v) is 19.1. The zero-order chi connectivity index (χ0) is 23.2. The molecule has 0 spiro atoms. The third kappa shape index (κ3) is 5.65. The van der Waals surface area contributed by atoms with Crippen molar-refractivity contribution in [3.05, 3.63) is 82.9 Å². The Balaban J connectivity index is 1.40. The fourth-order valence-electron chi connectivity index (χ4n) is 3.59. The Morgan fingerprint density at radius 2 is 1.94 bits per heavy atom. The molecule has 4 rings (SSSR count). The molecule has 7 heteroatoms. The van der Waals surface area contributed by atoms with Gasteiger partial charge in [0.2, 0.25) is 0 Å². The first kappa shape index (κ1) is 22.7. The number of benzene rings is 3. The second-order valence-electron chi connectivity index (χ2n) is 7.68. The van der Waals surface area contributed by atoms with E-state index in [1.807, 2.05) is 12.1 Å². The molecule has 6 nitrogen and oxygen atoms in total. The van der Waals surface area contributed by atoms with Gasteiger partial charge in [0.25, 0.3) is 11.8 Å². The second kappa shape index (κ2) is 10.4. The van der Waals surface area contributed by atoms with Crippen LogP contribution in [-0.2, 0) is 11.2 Å². The second-order valence-corrected chi connectivity index (χ2v) is 8.12. The number of amides is 2. The molecule has 170 valence electrons. The highest BCUT2D eigenvalue weighted by Crippen LogP contribution is 2.35. The van der Waals surface area contributed by atoms with Gasteiger partial charge in [0, 0.05) is 22.8 Å². The standard InChI is InChI=1S/C26H25ClN2O4/c1-2-18-7-10-22(11-8-18)32-14-4-13-29-23-16-21(9-12-24(23)33-17-25(29)30)28-26(31)19-5-3-6-20(27)15-19/h3,5-12,15-16H,2,4,13-14,17H2,1H3,(H,28,31). The van der Waals surface area contributed by atoms with Gasteiger partial charge in [-0.3, -0.25) is 9.59 Å². The quantitative estimate of drug-likeness (QED) is 0.456. The maximum atomic E-state index is 12.6. The molecule has 33 heavy (non-hydrogen) atoms. The van der Waals surface area contributed by atoms with Crippen molar-refractivity contribution >= 4 is 34.8 Å². The highest BCUT2D eigenvalue weighted by molar-refractivity contribution is 6.31. The molecule has 0 fully saturated rings. The minimum atomic E-state index is -0.283. The van der Waals surface area contributed by atoms with Crippen molar-refractivity contribution in [1.82, 2.24) is 0 Å². The number of ether oxygens (including phenoxy) is 2. The maximum absolute atomic E-state index is 12.6. The van der Waals surface area contributed by atoms with Gasteiger partial charge < -0.3 is 19.7 Å². The average Bonchev–Trinajstić information content (AvgIpc) is 2.83. The number of nitrogens with one attached hydrogen (secondary N) is 1. The van der Waals surface area contributed by atoms with E-state index in [9.17, 15) is 9.59 Å². The molecule has 0 atom stereocenters. The number of carbonyl (C=O) groups excluding carboxylic acids is 2. The van der Waals surface area contributed by atoms with Crippen molar-refractivity contribution in [2.75, 3.05) is 30.0 Å². The van der Waals surface area contributed by atoms with E-state index in [1.165, 1.54) is 5.56 Å². The van der Waals surface area contributed by atoms with E-state index in [4.69, 9.17) is 21.1 Å². The van der Waals surface area contributed by atoms with Gasteiger partial charge in [0.15, 0.2) is 6.61 Å². The molecule has 3 aromatic rings. The van der Waals surface area contributed by atoms with E-state index in [2.05, 4.69) is 24.4 Å². The van der Waals surface area contributed by atoms with Crippen LogP contribution in [0.15, 0.2) is 66.7 Å². The number of aryl methyl sites for hydroxylation is 1. The fourth-order valence-corrected chi connectivity index (χ4v) is 3.78. The van der Waals surface area contributed by atoms with E-state index in [0.29, 0.717) is 47.3 Å². The van der Waals surface area contributed by atoms with Gasteiger partial charge in [-0.2, -0.15) is 0 Å². The van der Waals surface area contributed by atoms with Crippen LogP contribution in [0.4, 0.5) is 11.4 Å². The molecule has 1 aliphatic rings. The van der Waals surface area contributed by atoms with Crippen molar-refractivity contribution in [2.24, 2.45) is 0 Å². The first-order chi connectivity index (χ1) is 16.0. The lowest BCUT2D eigenvalue weighted by molar-refractivity contribution is -0.121. The molecule has 0 radical (unpaired) electrons. The molecule has 0 saturated carbocycles. The predicted molar refractivity (Wildman–Crippen MR) is 130 cm³/mol. The van der Waals surface area contributed by atoms with Crippen molar-refractivity contribution in [2.45, 2.75) is 19.8 Å². The Morgan fingerprint density at radius 1 is 1.12 bits per heavy atom. The summed E-state index contributed by atoms with van der Waals surface area (Å²) in [4.78, 5) is 26.8. The topological polar surface area (TPSA) is 67.9 Å². The molecule has 0 aromatic heterocycles. The minimum Gasteiger partial charge on any atom is -0.494 e. The highest BCUT2D eigenvalue weighted by Gasteiger charge is 2.25. The van der Waals surface area contributed by atoms with Crippen molar-refractivity contribution < 1.29 is 19.1 Å². The van der Waals surface area contributed by atoms with Crippen molar-refractivity contribution in [1.29, 1.82) is 0 Å². The largest absolute Gasteiger partial charge is 0.494 e. The lowest BCUT2D eigenvalue weighted by Gasteiger charge is -2.30. The van der Waals surface area contributed by atoms with Gasteiger partial charge in [0.1, 0.15) is 11.5 Å². The predicted octanol–water partition coefficient (Wildman–Crippen LogP) is 5.35. The zero-order valence-electron chi connectivity index (χ0n) is 18.3. The average molecular weight is 465 g/mol. The Hall–Kier alpha value is -3.51. The Kier molecular flexibility index (Phi) is 7.15. The monoisotopic (exact) mass is 464 g/mol. The van der Waals surface area contributed by atoms with E-state index in [1.54, 1.807) is 47.4 Å². The van der Waals surface area contributed by atoms with Crippen LogP contribution in [0.1, 0.15) is 29.3 Å². The van der Waals surface area contributed by atoms with E-state index in [0.717, 1.165) is 12.2 Å². The van der Waals surface area contributed by atoms with E-state index in [-0.39, 0.29) is 18.4 Å². The van der Waals surface area contributed by atoms with Crippen LogP contribution in [0.25, 0.3) is 0 Å². The normalized spacial score (nSPS) is 12.7. The molecule has 0 aliphatic carbocycles. The van der Waals surface area contributed by atoms with Crippen molar-refractivity contribution in [3.8, 4) is 11.5 Å². The van der Waals surface area contributed by atoms with E-state index < -0.39 is 0 Å². The SMILES string of the molecule is CCc1ccc(OCCCN2C(=O)COc3ccc(NC(=O)c4cccc(Cl)c4)cc32)cc1. The molecular formula is C26H25ClN2O4. The Bertz CT molecular complexity index is 1150. The molecule has 0 saturated heterocycles. The Morgan fingerprint density at radius 3 is 2.70 bits per heavy atom. The van der Waals surface area contributed by atoms with Gasteiger partial charge >= 0.3 is 0 Å².